The highest BCUT2D eigenvalue weighted by Gasteiger charge is 2.16. The summed E-state index contributed by atoms with van der Waals surface area (Å²) in [5.74, 6) is 0. The van der Waals surface area contributed by atoms with E-state index in [9.17, 15) is 5.11 Å². The summed E-state index contributed by atoms with van der Waals surface area (Å²) in [7, 11) is 0. The van der Waals surface area contributed by atoms with E-state index in [1.807, 2.05) is 18.2 Å². The molecule has 0 radical (unpaired) electrons. The molecule has 0 fully saturated rings. The number of benzene rings is 1. The highest BCUT2D eigenvalue weighted by molar-refractivity contribution is 7.18. The third-order valence-corrected chi connectivity index (χ3v) is 3.88. The summed E-state index contributed by atoms with van der Waals surface area (Å²) in [4.78, 5) is 4.56. The van der Waals surface area contributed by atoms with Crippen molar-refractivity contribution in [3.63, 3.8) is 0 Å². The molecule has 1 unspecified atom stereocenters. The topological polar surface area (TPSA) is 45.1 Å². The standard InChI is InChI=1S/C15H22N2OS/c1-15(2,3)8-11(18)9-16-10-14-17-12-6-4-5-7-13(12)19-14/h4-7,11,16,18H,8-10H2,1-3H3. The van der Waals surface area contributed by atoms with Crippen molar-refractivity contribution in [1.29, 1.82) is 0 Å². The van der Waals surface area contributed by atoms with Crippen LogP contribution in [0.1, 0.15) is 32.2 Å². The molecule has 4 heteroatoms. The lowest BCUT2D eigenvalue weighted by Gasteiger charge is -2.22. The fourth-order valence-corrected chi connectivity index (χ4v) is 3.06. The van der Waals surface area contributed by atoms with E-state index in [0.29, 0.717) is 6.54 Å². The summed E-state index contributed by atoms with van der Waals surface area (Å²) in [6.07, 6.45) is 0.509. The van der Waals surface area contributed by atoms with Gasteiger partial charge in [-0.15, -0.1) is 11.3 Å². The molecule has 0 aliphatic carbocycles. The number of aromatic nitrogens is 1. The highest BCUT2D eigenvalue weighted by Crippen LogP contribution is 2.22. The van der Waals surface area contributed by atoms with Gasteiger partial charge in [-0.1, -0.05) is 32.9 Å². The second-order valence-corrected chi connectivity index (χ2v) is 7.24. The lowest BCUT2D eigenvalue weighted by molar-refractivity contribution is 0.119. The molecule has 2 aromatic rings. The molecule has 104 valence electrons. The Bertz CT molecular complexity index is 497. The molecule has 1 aromatic heterocycles. The number of hydrogen-bond donors (Lipinski definition) is 2. The van der Waals surface area contributed by atoms with E-state index < -0.39 is 0 Å². The molecule has 0 spiro atoms. The molecule has 2 N–H and O–H groups in total. The minimum Gasteiger partial charge on any atom is -0.392 e. The number of fused-ring (bicyclic) bond motifs is 1. The van der Waals surface area contributed by atoms with Crippen LogP contribution in [0.2, 0.25) is 0 Å². The molecule has 1 atom stereocenters. The molecule has 0 saturated heterocycles. The lowest BCUT2D eigenvalue weighted by Crippen LogP contribution is -2.29. The van der Waals surface area contributed by atoms with Crippen molar-refractivity contribution in [2.75, 3.05) is 6.54 Å². The maximum absolute atomic E-state index is 9.92. The van der Waals surface area contributed by atoms with Crippen LogP contribution in [0.5, 0.6) is 0 Å². The molecule has 3 nitrogen and oxygen atoms in total. The fraction of sp³-hybridized carbons (Fsp3) is 0.533. The minimum atomic E-state index is -0.297. The summed E-state index contributed by atoms with van der Waals surface area (Å²) >= 11 is 1.71. The minimum absolute atomic E-state index is 0.164. The molecule has 1 heterocycles. The van der Waals surface area contributed by atoms with Gasteiger partial charge in [-0.05, 0) is 24.0 Å². The molecule has 0 bridgehead atoms. The van der Waals surface area contributed by atoms with E-state index in [-0.39, 0.29) is 11.5 Å². The Labute approximate surface area is 118 Å². The van der Waals surface area contributed by atoms with Crippen LogP contribution >= 0.6 is 11.3 Å². The lowest BCUT2D eigenvalue weighted by atomic mass is 9.89. The second kappa shape index (κ2) is 5.99. The number of nitrogens with one attached hydrogen (secondary N) is 1. The van der Waals surface area contributed by atoms with Crippen LogP contribution in [0.4, 0.5) is 0 Å². The Kier molecular flexibility index (Phi) is 4.55. The Morgan fingerprint density at radius 3 is 2.74 bits per heavy atom. The average Bonchev–Trinajstić information content (AvgIpc) is 2.68. The van der Waals surface area contributed by atoms with Gasteiger partial charge in [0.1, 0.15) is 5.01 Å². The van der Waals surface area contributed by atoms with Gasteiger partial charge in [-0.25, -0.2) is 4.98 Å². The number of aliphatic hydroxyl groups excluding tert-OH is 1. The number of hydrogen-bond acceptors (Lipinski definition) is 4. The number of aliphatic hydroxyl groups is 1. The van der Waals surface area contributed by atoms with Crippen LogP contribution in [-0.4, -0.2) is 22.7 Å². The highest BCUT2D eigenvalue weighted by atomic mass is 32.1. The largest absolute Gasteiger partial charge is 0.392 e. The van der Waals surface area contributed by atoms with Gasteiger partial charge in [-0.3, -0.25) is 0 Å². The van der Waals surface area contributed by atoms with Gasteiger partial charge in [-0.2, -0.15) is 0 Å². The van der Waals surface area contributed by atoms with Crippen LogP contribution in [-0.2, 0) is 6.54 Å². The van der Waals surface area contributed by atoms with Gasteiger partial charge in [0.2, 0.25) is 0 Å². The van der Waals surface area contributed by atoms with E-state index in [1.165, 1.54) is 4.70 Å². The summed E-state index contributed by atoms with van der Waals surface area (Å²) in [6.45, 7) is 7.77. The first kappa shape index (κ1) is 14.4. The van der Waals surface area contributed by atoms with E-state index in [0.717, 1.165) is 23.5 Å². The normalized spacial score (nSPS) is 13.9. The average molecular weight is 278 g/mol. The van der Waals surface area contributed by atoms with Gasteiger partial charge < -0.3 is 10.4 Å². The van der Waals surface area contributed by atoms with Gasteiger partial charge in [0, 0.05) is 13.1 Å². The zero-order chi connectivity index (χ0) is 13.9. The van der Waals surface area contributed by atoms with Gasteiger partial charge in [0.05, 0.1) is 16.3 Å². The maximum atomic E-state index is 9.92. The molecular formula is C15H22N2OS. The number of thiazole rings is 1. The predicted octanol–water partition coefficient (Wildman–Crippen LogP) is 3.18. The van der Waals surface area contributed by atoms with Crippen LogP contribution in [0, 0.1) is 5.41 Å². The third kappa shape index (κ3) is 4.56. The van der Waals surface area contributed by atoms with Gasteiger partial charge in [0.25, 0.3) is 0 Å². The molecule has 0 saturated carbocycles. The Morgan fingerprint density at radius 1 is 1.32 bits per heavy atom. The molecular weight excluding hydrogens is 256 g/mol. The van der Waals surface area contributed by atoms with Gasteiger partial charge >= 0.3 is 0 Å². The summed E-state index contributed by atoms with van der Waals surface area (Å²) in [5, 5.41) is 14.3. The predicted molar refractivity (Wildman–Crippen MR) is 81.4 cm³/mol. The molecule has 0 aliphatic heterocycles. The summed E-state index contributed by atoms with van der Waals surface area (Å²) in [5.41, 5.74) is 1.22. The van der Waals surface area contributed by atoms with E-state index in [4.69, 9.17) is 0 Å². The Hall–Kier alpha value is -0.970. The van der Waals surface area contributed by atoms with Crippen molar-refractivity contribution < 1.29 is 5.11 Å². The molecule has 19 heavy (non-hydrogen) atoms. The van der Waals surface area contributed by atoms with Crippen molar-refractivity contribution >= 4 is 21.6 Å². The molecule has 1 aromatic carbocycles. The van der Waals surface area contributed by atoms with E-state index in [1.54, 1.807) is 11.3 Å². The zero-order valence-electron chi connectivity index (χ0n) is 11.8. The Morgan fingerprint density at radius 2 is 2.05 bits per heavy atom. The SMILES string of the molecule is CC(C)(C)CC(O)CNCc1nc2ccccc2s1. The fourth-order valence-electron chi connectivity index (χ4n) is 2.12. The monoisotopic (exact) mass is 278 g/mol. The molecule has 0 aliphatic rings. The summed E-state index contributed by atoms with van der Waals surface area (Å²) < 4.78 is 1.22. The van der Waals surface area contributed by atoms with Crippen LogP contribution in [0.15, 0.2) is 24.3 Å². The number of para-hydroxylation sites is 1. The van der Waals surface area contributed by atoms with Crippen molar-refractivity contribution in [2.45, 2.75) is 39.8 Å². The molecule has 2 rings (SSSR count). The van der Waals surface area contributed by atoms with E-state index in [2.05, 4.69) is 37.1 Å². The maximum Gasteiger partial charge on any atom is 0.108 e. The Balaban J connectivity index is 1.82. The first-order valence-electron chi connectivity index (χ1n) is 6.67. The third-order valence-electron chi connectivity index (χ3n) is 2.84. The van der Waals surface area contributed by atoms with Crippen molar-refractivity contribution in [1.82, 2.24) is 10.3 Å². The quantitative estimate of drug-likeness (QED) is 0.883. The van der Waals surface area contributed by atoms with Crippen molar-refractivity contribution in [2.24, 2.45) is 5.41 Å². The second-order valence-electron chi connectivity index (χ2n) is 6.12. The molecule has 0 amide bonds. The van der Waals surface area contributed by atoms with E-state index >= 15 is 0 Å². The van der Waals surface area contributed by atoms with Crippen LogP contribution < -0.4 is 5.32 Å². The number of rotatable bonds is 5. The van der Waals surface area contributed by atoms with Crippen LogP contribution in [0.3, 0.4) is 0 Å². The van der Waals surface area contributed by atoms with Gasteiger partial charge in [0.15, 0.2) is 0 Å². The van der Waals surface area contributed by atoms with Crippen molar-refractivity contribution in [3.8, 4) is 0 Å². The first-order valence-corrected chi connectivity index (χ1v) is 7.49. The van der Waals surface area contributed by atoms with Crippen molar-refractivity contribution in [3.05, 3.63) is 29.3 Å². The zero-order valence-corrected chi connectivity index (χ0v) is 12.6. The first-order chi connectivity index (χ1) is 8.94. The van der Waals surface area contributed by atoms with Crippen LogP contribution in [0.25, 0.3) is 10.2 Å². The summed E-state index contributed by atoms with van der Waals surface area (Å²) in [6, 6.07) is 8.16. The smallest absolute Gasteiger partial charge is 0.108 e. The number of nitrogens with zero attached hydrogens (tertiary/aromatic N) is 1.